The normalized spacial score (nSPS) is 16.8. The zero-order chi connectivity index (χ0) is 12.7. The molecule has 1 aromatic heterocycles. The third-order valence-electron chi connectivity index (χ3n) is 3.34. The first kappa shape index (κ1) is 11.4. The summed E-state index contributed by atoms with van der Waals surface area (Å²) in [4.78, 5) is 0. The molecule has 1 aliphatic carbocycles. The van der Waals surface area contributed by atoms with E-state index in [0.29, 0.717) is 11.5 Å². The zero-order valence-corrected chi connectivity index (χ0v) is 10.3. The molecule has 1 atom stereocenters. The van der Waals surface area contributed by atoms with E-state index in [4.69, 9.17) is 5.73 Å². The van der Waals surface area contributed by atoms with Crippen molar-refractivity contribution < 1.29 is 4.39 Å². The standard InChI is InChI=1S/C14H16FN3/c1-9(16)14-11(15)3-2-4-13(14)18-8-7-12(17-18)10-5-6-10/h2-4,7-10H,5-6,16H2,1H3/t9-/m1/s1. The Labute approximate surface area is 105 Å². The highest BCUT2D eigenvalue weighted by Gasteiger charge is 2.26. The Balaban J connectivity index is 2.06. The van der Waals surface area contributed by atoms with Gasteiger partial charge in [-0.3, -0.25) is 0 Å². The first-order valence-electron chi connectivity index (χ1n) is 6.26. The van der Waals surface area contributed by atoms with Crippen LogP contribution in [0, 0.1) is 5.82 Å². The van der Waals surface area contributed by atoms with E-state index < -0.39 is 0 Å². The van der Waals surface area contributed by atoms with Gasteiger partial charge in [-0.2, -0.15) is 5.10 Å². The van der Waals surface area contributed by atoms with E-state index in [1.807, 2.05) is 18.3 Å². The third-order valence-corrected chi connectivity index (χ3v) is 3.34. The van der Waals surface area contributed by atoms with Crippen LogP contribution in [0.15, 0.2) is 30.5 Å². The number of hydrogen-bond donors (Lipinski definition) is 1. The van der Waals surface area contributed by atoms with Gasteiger partial charge in [0.25, 0.3) is 0 Å². The van der Waals surface area contributed by atoms with Crippen LogP contribution in [0.25, 0.3) is 5.69 Å². The van der Waals surface area contributed by atoms with E-state index in [1.165, 1.54) is 18.9 Å². The molecule has 1 saturated carbocycles. The molecule has 0 aliphatic heterocycles. The molecule has 0 amide bonds. The fourth-order valence-electron chi connectivity index (χ4n) is 2.25. The highest BCUT2D eigenvalue weighted by atomic mass is 19.1. The zero-order valence-electron chi connectivity index (χ0n) is 10.3. The minimum absolute atomic E-state index is 0.272. The molecule has 4 heteroatoms. The second-order valence-corrected chi connectivity index (χ2v) is 4.92. The highest BCUT2D eigenvalue weighted by Crippen LogP contribution is 2.39. The van der Waals surface area contributed by atoms with Crippen molar-refractivity contribution in [2.75, 3.05) is 0 Å². The van der Waals surface area contributed by atoms with Crippen LogP contribution in [-0.4, -0.2) is 9.78 Å². The average Bonchev–Trinajstić information content (AvgIpc) is 3.06. The van der Waals surface area contributed by atoms with Crippen LogP contribution in [0.1, 0.15) is 43.0 Å². The average molecular weight is 245 g/mol. The maximum atomic E-state index is 13.8. The first-order chi connectivity index (χ1) is 8.66. The van der Waals surface area contributed by atoms with Crippen LogP contribution in [-0.2, 0) is 0 Å². The summed E-state index contributed by atoms with van der Waals surface area (Å²) in [5.74, 6) is 0.324. The second kappa shape index (κ2) is 4.21. The fraction of sp³-hybridized carbons (Fsp3) is 0.357. The summed E-state index contributed by atoms with van der Waals surface area (Å²) in [6.45, 7) is 1.78. The molecule has 1 heterocycles. The minimum atomic E-state index is -0.352. The van der Waals surface area contributed by atoms with Gasteiger partial charge in [-0.15, -0.1) is 0 Å². The summed E-state index contributed by atoms with van der Waals surface area (Å²) in [5.41, 5.74) is 8.19. The van der Waals surface area contributed by atoms with Gasteiger partial charge in [-0.25, -0.2) is 9.07 Å². The van der Waals surface area contributed by atoms with Crippen LogP contribution >= 0.6 is 0 Å². The van der Waals surface area contributed by atoms with Crippen molar-refractivity contribution in [1.29, 1.82) is 0 Å². The fourth-order valence-corrected chi connectivity index (χ4v) is 2.25. The molecule has 0 radical (unpaired) electrons. The van der Waals surface area contributed by atoms with Crippen LogP contribution in [0.3, 0.4) is 0 Å². The SMILES string of the molecule is C[C@@H](N)c1c(F)cccc1-n1ccc(C2CC2)n1. The summed E-state index contributed by atoms with van der Waals surface area (Å²) >= 11 is 0. The summed E-state index contributed by atoms with van der Waals surface area (Å²) in [6, 6.07) is 6.64. The lowest BCUT2D eigenvalue weighted by molar-refractivity contribution is 0.588. The molecule has 1 aromatic carbocycles. The number of benzene rings is 1. The van der Waals surface area contributed by atoms with E-state index >= 15 is 0 Å². The number of nitrogens with two attached hydrogens (primary N) is 1. The van der Waals surface area contributed by atoms with Crippen molar-refractivity contribution in [3.63, 3.8) is 0 Å². The van der Waals surface area contributed by atoms with Gasteiger partial charge in [-0.1, -0.05) is 6.07 Å². The van der Waals surface area contributed by atoms with E-state index in [2.05, 4.69) is 5.10 Å². The summed E-state index contributed by atoms with van der Waals surface area (Å²) < 4.78 is 15.6. The van der Waals surface area contributed by atoms with Gasteiger partial charge in [0, 0.05) is 23.7 Å². The molecule has 3 nitrogen and oxygen atoms in total. The quantitative estimate of drug-likeness (QED) is 0.903. The molecule has 0 spiro atoms. The molecule has 2 N–H and O–H groups in total. The third kappa shape index (κ3) is 1.93. The van der Waals surface area contributed by atoms with Gasteiger partial charge in [0.1, 0.15) is 5.82 Å². The van der Waals surface area contributed by atoms with Crippen LogP contribution < -0.4 is 5.73 Å². The topological polar surface area (TPSA) is 43.8 Å². The molecule has 18 heavy (non-hydrogen) atoms. The van der Waals surface area contributed by atoms with Crippen LogP contribution in [0.4, 0.5) is 4.39 Å². The summed E-state index contributed by atoms with van der Waals surface area (Å²) in [7, 11) is 0. The largest absolute Gasteiger partial charge is 0.324 e. The Kier molecular flexibility index (Phi) is 2.67. The Morgan fingerprint density at radius 3 is 2.83 bits per heavy atom. The van der Waals surface area contributed by atoms with E-state index in [1.54, 1.807) is 17.7 Å². The van der Waals surface area contributed by atoms with Crippen molar-refractivity contribution in [3.05, 3.63) is 47.5 Å². The van der Waals surface area contributed by atoms with Crippen molar-refractivity contribution in [3.8, 4) is 5.69 Å². The second-order valence-electron chi connectivity index (χ2n) is 4.92. The smallest absolute Gasteiger partial charge is 0.130 e. The molecule has 0 bridgehead atoms. The maximum Gasteiger partial charge on any atom is 0.130 e. The highest BCUT2D eigenvalue weighted by molar-refractivity contribution is 5.43. The Morgan fingerprint density at radius 1 is 1.39 bits per heavy atom. The predicted molar refractivity (Wildman–Crippen MR) is 68.1 cm³/mol. The summed E-state index contributed by atoms with van der Waals surface area (Å²) in [6.07, 6.45) is 4.30. The monoisotopic (exact) mass is 245 g/mol. The molecule has 1 fully saturated rings. The van der Waals surface area contributed by atoms with E-state index in [0.717, 1.165) is 11.4 Å². The number of hydrogen-bond acceptors (Lipinski definition) is 2. The molecule has 94 valence electrons. The lowest BCUT2D eigenvalue weighted by Crippen LogP contribution is -2.12. The Bertz CT molecular complexity index is 570. The lowest BCUT2D eigenvalue weighted by atomic mass is 10.1. The Hall–Kier alpha value is -1.68. The van der Waals surface area contributed by atoms with Crippen LogP contribution in [0.5, 0.6) is 0 Å². The molecular formula is C14H16FN3. The van der Waals surface area contributed by atoms with Crippen molar-refractivity contribution in [2.45, 2.75) is 31.7 Å². The van der Waals surface area contributed by atoms with Crippen molar-refractivity contribution in [1.82, 2.24) is 9.78 Å². The van der Waals surface area contributed by atoms with Gasteiger partial charge >= 0.3 is 0 Å². The van der Waals surface area contributed by atoms with Gasteiger partial charge in [0.2, 0.25) is 0 Å². The van der Waals surface area contributed by atoms with Gasteiger partial charge in [0.15, 0.2) is 0 Å². The minimum Gasteiger partial charge on any atom is -0.324 e. The van der Waals surface area contributed by atoms with Crippen LogP contribution in [0.2, 0.25) is 0 Å². The van der Waals surface area contributed by atoms with Crippen molar-refractivity contribution in [2.24, 2.45) is 5.73 Å². The number of aromatic nitrogens is 2. The molecule has 3 rings (SSSR count). The first-order valence-corrected chi connectivity index (χ1v) is 6.26. The van der Waals surface area contributed by atoms with Gasteiger partial charge in [-0.05, 0) is 38.0 Å². The van der Waals surface area contributed by atoms with E-state index in [-0.39, 0.29) is 11.9 Å². The lowest BCUT2D eigenvalue weighted by Gasteiger charge is -2.13. The Morgan fingerprint density at radius 2 is 2.17 bits per heavy atom. The summed E-state index contributed by atoms with van der Waals surface area (Å²) in [5, 5.41) is 4.52. The molecule has 0 unspecified atom stereocenters. The molecule has 1 aliphatic rings. The molecule has 0 saturated heterocycles. The number of nitrogens with zero attached hydrogens (tertiary/aromatic N) is 2. The van der Waals surface area contributed by atoms with Gasteiger partial charge < -0.3 is 5.73 Å². The predicted octanol–water partition coefficient (Wildman–Crippen LogP) is 2.91. The van der Waals surface area contributed by atoms with E-state index in [9.17, 15) is 4.39 Å². The maximum absolute atomic E-state index is 13.8. The number of rotatable bonds is 3. The van der Waals surface area contributed by atoms with Crippen molar-refractivity contribution >= 4 is 0 Å². The molecule has 2 aromatic rings. The number of halogens is 1. The molecular weight excluding hydrogens is 229 g/mol. The van der Waals surface area contributed by atoms with Gasteiger partial charge in [0.05, 0.1) is 11.4 Å².